The number of carbonyl (C=O) groups excluding carboxylic acids is 2. The maximum Gasteiger partial charge on any atom is 0.351 e. The number of amides is 1. The van der Waals surface area contributed by atoms with Crippen molar-refractivity contribution in [2.75, 3.05) is 11.9 Å². The summed E-state index contributed by atoms with van der Waals surface area (Å²) in [7, 11) is 0. The van der Waals surface area contributed by atoms with Gasteiger partial charge in [0.25, 0.3) is 5.91 Å². The molecule has 3 rings (SSSR count). The Morgan fingerprint density at radius 2 is 2.07 bits per heavy atom. The van der Waals surface area contributed by atoms with E-state index in [9.17, 15) is 19.5 Å². The fourth-order valence-electron chi connectivity index (χ4n) is 2.85. The summed E-state index contributed by atoms with van der Waals surface area (Å²) in [5, 5.41) is 11.9. The lowest BCUT2D eigenvalue weighted by Gasteiger charge is -2.15. The molecule has 1 saturated heterocycles. The fourth-order valence-corrected chi connectivity index (χ4v) is 2.85. The van der Waals surface area contributed by atoms with Crippen molar-refractivity contribution in [3.8, 4) is 0 Å². The van der Waals surface area contributed by atoms with Crippen LogP contribution in [0.25, 0.3) is 0 Å². The number of aromatic nitrogens is 2. The largest absolute Gasteiger partial charge is 0.460 e. The minimum absolute atomic E-state index is 0.110. The Balaban J connectivity index is 1.73. The number of nitrogens with one attached hydrogen (secondary N) is 1. The number of anilines is 1. The van der Waals surface area contributed by atoms with Crippen LogP contribution in [0.15, 0.2) is 47.4 Å². The molecule has 0 aliphatic carbocycles. The Hall–Kier alpha value is -3.04. The molecular weight excluding hydrogens is 354 g/mol. The molecule has 1 fully saturated rings. The van der Waals surface area contributed by atoms with Gasteiger partial charge in [-0.15, -0.1) is 0 Å². The van der Waals surface area contributed by atoms with Gasteiger partial charge in [0.1, 0.15) is 24.3 Å². The smallest absolute Gasteiger partial charge is 0.351 e. The summed E-state index contributed by atoms with van der Waals surface area (Å²) in [5.74, 6) is -0.766. The van der Waals surface area contributed by atoms with Crippen LogP contribution in [0.5, 0.6) is 0 Å². The predicted octanol–water partition coefficient (Wildman–Crippen LogP) is 0.707. The second-order valence-corrected chi connectivity index (χ2v) is 6.02. The molecule has 1 aromatic carbocycles. The molecule has 27 heavy (non-hydrogen) atoms. The van der Waals surface area contributed by atoms with E-state index in [2.05, 4.69) is 10.3 Å². The number of hydrogen-bond donors (Lipinski definition) is 2. The molecule has 2 aromatic rings. The van der Waals surface area contributed by atoms with Gasteiger partial charge in [-0.1, -0.05) is 18.2 Å². The number of nitrogens with zero attached hydrogens (tertiary/aromatic N) is 2. The number of ether oxygens (including phenoxy) is 2. The van der Waals surface area contributed by atoms with Gasteiger partial charge in [-0.2, -0.15) is 4.98 Å². The molecule has 0 bridgehead atoms. The third kappa shape index (κ3) is 4.39. The van der Waals surface area contributed by atoms with Gasteiger partial charge in [0, 0.05) is 25.1 Å². The Morgan fingerprint density at radius 3 is 2.70 bits per heavy atom. The highest BCUT2D eigenvalue weighted by atomic mass is 16.6. The van der Waals surface area contributed by atoms with Gasteiger partial charge >= 0.3 is 11.7 Å². The second-order valence-electron chi connectivity index (χ2n) is 6.02. The van der Waals surface area contributed by atoms with Crippen LogP contribution in [0.4, 0.5) is 5.82 Å². The van der Waals surface area contributed by atoms with Crippen LogP contribution in [-0.2, 0) is 14.3 Å². The SMILES string of the molecule is CC(=O)O[C@@H]1C[C@H](n2ccc(NC(=O)c3ccccc3)nc2=O)O[C@@H]1CO. The van der Waals surface area contributed by atoms with E-state index < -0.39 is 30.1 Å². The van der Waals surface area contributed by atoms with Crippen molar-refractivity contribution < 1.29 is 24.2 Å². The zero-order valence-electron chi connectivity index (χ0n) is 14.6. The van der Waals surface area contributed by atoms with Crippen LogP contribution >= 0.6 is 0 Å². The van der Waals surface area contributed by atoms with Crippen LogP contribution in [-0.4, -0.2) is 45.3 Å². The molecule has 0 saturated carbocycles. The zero-order valence-corrected chi connectivity index (χ0v) is 14.6. The Labute approximate surface area is 154 Å². The van der Waals surface area contributed by atoms with Crippen LogP contribution in [0, 0.1) is 0 Å². The maximum absolute atomic E-state index is 12.3. The molecule has 0 unspecified atom stereocenters. The number of benzene rings is 1. The molecule has 9 heteroatoms. The van der Waals surface area contributed by atoms with Gasteiger partial charge < -0.3 is 19.9 Å². The Kier molecular flexibility index (Phi) is 5.63. The van der Waals surface area contributed by atoms with Gasteiger partial charge in [-0.05, 0) is 18.2 Å². The number of rotatable bonds is 5. The van der Waals surface area contributed by atoms with E-state index in [0.717, 1.165) is 0 Å². The fraction of sp³-hybridized carbons (Fsp3) is 0.333. The Morgan fingerprint density at radius 1 is 1.33 bits per heavy atom. The number of esters is 1. The normalized spacial score (nSPS) is 21.6. The van der Waals surface area contributed by atoms with E-state index in [0.29, 0.717) is 5.56 Å². The Bertz CT molecular complexity index is 882. The van der Waals surface area contributed by atoms with Crippen molar-refractivity contribution in [3.63, 3.8) is 0 Å². The molecule has 1 aliphatic heterocycles. The summed E-state index contributed by atoms with van der Waals surface area (Å²) in [4.78, 5) is 39.5. The molecule has 0 spiro atoms. The van der Waals surface area contributed by atoms with Crippen molar-refractivity contribution in [3.05, 3.63) is 58.6 Å². The van der Waals surface area contributed by atoms with Crippen molar-refractivity contribution in [1.82, 2.24) is 9.55 Å². The quantitative estimate of drug-likeness (QED) is 0.741. The lowest BCUT2D eigenvalue weighted by atomic mass is 10.2. The minimum Gasteiger partial charge on any atom is -0.460 e. The summed E-state index contributed by atoms with van der Waals surface area (Å²) in [5.41, 5.74) is -0.191. The number of aliphatic hydroxyl groups excluding tert-OH is 1. The third-order valence-corrected chi connectivity index (χ3v) is 4.10. The molecule has 3 atom stereocenters. The first kappa shape index (κ1) is 18.7. The molecule has 1 amide bonds. The third-order valence-electron chi connectivity index (χ3n) is 4.10. The topological polar surface area (TPSA) is 120 Å². The van der Waals surface area contributed by atoms with Gasteiger partial charge in [0.05, 0.1) is 6.61 Å². The monoisotopic (exact) mass is 373 g/mol. The minimum atomic E-state index is -0.731. The highest BCUT2D eigenvalue weighted by molar-refractivity contribution is 6.03. The molecule has 2 heterocycles. The average molecular weight is 373 g/mol. The van der Waals surface area contributed by atoms with E-state index in [-0.39, 0.29) is 24.8 Å². The van der Waals surface area contributed by atoms with E-state index in [4.69, 9.17) is 9.47 Å². The van der Waals surface area contributed by atoms with E-state index in [1.807, 2.05) is 0 Å². The first-order valence-electron chi connectivity index (χ1n) is 8.37. The molecular formula is C18H19N3O6. The van der Waals surface area contributed by atoms with Crippen molar-refractivity contribution >= 4 is 17.7 Å². The molecule has 2 N–H and O–H groups in total. The lowest BCUT2D eigenvalue weighted by Crippen LogP contribution is -2.29. The van der Waals surface area contributed by atoms with Crippen LogP contribution < -0.4 is 11.0 Å². The van der Waals surface area contributed by atoms with E-state index in [1.165, 1.54) is 23.8 Å². The summed E-state index contributed by atoms with van der Waals surface area (Å²) < 4.78 is 11.9. The maximum atomic E-state index is 12.3. The second kappa shape index (κ2) is 8.11. The molecule has 1 aliphatic rings. The van der Waals surface area contributed by atoms with Gasteiger partial charge in [0.15, 0.2) is 0 Å². The average Bonchev–Trinajstić information content (AvgIpc) is 3.04. The predicted molar refractivity (Wildman–Crippen MR) is 94.1 cm³/mol. The first-order valence-corrected chi connectivity index (χ1v) is 8.37. The van der Waals surface area contributed by atoms with Crippen molar-refractivity contribution in [2.24, 2.45) is 0 Å². The van der Waals surface area contributed by atoms with Gasteiger partial charge in [0.2, 0.25) is 0 Å². The number of carbonyl (C=O) groups is 2. The summed E-state index contributed by atoms with van der Waals surface area (Å²) >= 11 is 0. The van der Waals surface area contributed by atoms with Crippen LogP contribution in [0.1, 0.15) is 29.9 Å². The summed E-state index contributed by atoms with van der Waals surface area (Å²) in [6.45, 7) is 0.918. The van der Waals surface area contributed by atoms with Gasteiger partial charge in [-0.3, -0.25) is 14.2 Å². The van der Waals surface area contributed by atoms with E-state index >= 15 is 0 Å². The lowest BCUT2D eigenvalue weighted by molar-refractivity contribution is -0.150. The molecule has 0 radical (unpaired) electrons. The molecule has 142 valence electrons. The zero-order chi connectivity index (χ0) is 19.4. The molecule has 9 nitrogen and oxygen atoms in total. The summed E-state index contributed by atoms with van der Waals surface area (Å²) in [6.07, 6.45) is -0.455. The highest BCUT2D eigenvalue weighted by Gasteiger charge is 2.38. The van der Waals surface area contributed by atoms with Crippen molar-refractivity contribution in [1.29, 1.82) is 0 Å². The van der Waals surface area contributed by atoms with Gasteiger partial charge in [-0.25, -0.2) is 4.79 Å². The first-order chi connectivity index (χ1) is 13.0. The highest BCUT2D eigenvalue weighted by Crippen LogP contribution is 2.29. The molecule has 1 aromatic heterocycles. The summed E-state index contributed by atoms with van der Waals surface area (Å²) in [6, 6.07) is 10.0. The standard InChI is InChI=1S/C18H19N3O6/c1-11(23)26-13-9-16(27-14(13)10-22)21-8-7-15(20-18(21)25)19-17(24)12-5-3-2-4-6-12/h2-8,13-14,16,22H,9-10H2,1H3,(H,19,20,24,25)/t13-,14-,16-/m1/s1. The van der Waals surface area contributed by atoms with Crippen LogP contribution in [0.3, 0.4) is 0 Å². The van der Waals surface area contributed by atoms with Crippen LogP contribution in [0.2, 0.25) is 0 Å². The van der Waals surface area contributed by atoms with E-state index in [1.54, 1.807) is 30.3 Å². The van der Waals surface area contributed by atoms with Crippen molar-refractivity contribution in [2.45, 2.75) is 31.8 Å². The number of hydrogen-bond acceptors (Lipinski definition) is 7. The number of aliphatic hydroxyl groups is 1.